The second-order valence-electron chi connectivity index (χ2n) is 4.25. The molecule has 0 amide bonds. The number of aromatic nitrogens is 1. The number of nitrogens with zero attached hydrogens (tertiary/aromatic N) is 1. The van der Waals surface area contributed by atoms with Crippen LogP contribution in [-0.2, 0) is 6.42 Å². The van der Waals surface area contributed by atoms with Crippen molar-refractivity contribution in [3.05, 3.63) is 30.0 Å². The van der Waals surface area contributed by atoms with E-state index in [0.29, 0.717) is 7.18 Å². The summed E-state index contributed by atoms with van der Waals surface area (Å²) in [7, 11) is 6.40. The first-order valence-corrected chi connectivity index (χ1v) is 5.88. The molecule has 0 aliphatic heterocycles. The number of hydrogen-bond donors (Lipinski definition) is 1. The average Bonchev–Trinajstić information content (AvgIpc) is 2.82. The van der Waals surface area contributed by atoms with Crippen LogP contribution in [0.15, 0.2) is 24.4 Å². The molecule has 3 nitrogen and oxygen atoms in total. The third-order valence-electron chi connectivity index (χ3n) is 2.80. The molecule has 1 heterocycles. The Morgan fingerprint density at radius 3 is 2.61 bits per heavy atom. The maximum atomic E-state index is 9.50. The Morgan fingerprint density at radius 2 is 2.00 bits per heavy atom. The summed E-state index contributed by atoms with van der Waals surface area (Å²) in [5.41, 5.74) is 2.47. The van der Waals surface area contributed by atoms with Gasteiger partial charge in [0.05, 0.1) is 14.3 Å². The fraction of sp³-hybridized carbons (Fsp3) is 0.429. The number of fused-ring (bicyclic) bond motifs is 1. The number of alkyl halides is 1. The molecule has 0 spiro atoms. The zero-order chi connectivity index (χ0) is 13.5. The Balaban J connectivity index is 0.000000771. The highest BCUT2D eigenvalue weighted by molar-refractivity contribution is 5.89. The second kappa shape index (κ2) is 7.01. The van der Waals surface area contributed by atoms with E-state index in [1.54, 1.807) is 7.11 Å². The number of hydrogen-bond acceptors (Lipinski definition) is 2. The molecule has 1 aromatic heterocycles. The summed E-state index contributed by atoms with van der Waals surface area (Å²) in [6.07, 6.45) is 3.12. The summed E-state index contributed by atoms with van der Waals surface area (Å²) in [6, 6.07) is 6.10. The molecule has 2 aromatic rings. The van der Waals surface area contributed by atoms with E-state index in [9.17, 15) is 4.39 Å². The quantitative estimate of drug-likeness (QED) is 0.906. The van der Waals surface area contributed by atoms with Crippen molar-refractivity contribution in [3.8, 4) is 5.75 Å². The van der Waals surface area contributed by atoms with E-state index < -0.39 is 0 Å². The van der Waals surface area contributed by atoms with Crippen LogP contribution in [0.3, 0.4) is 0 Å². The first-order chi connectivity index (χ1) is 8.72. The van der Waals surface area contributed by atoms with E-state index in [4.69, 9.17) is 4.74 Å². The van der Waals surface area contributed by atoms with Crippen molar-refractivity contribution in [2.75, 3.05) is 34.9 Å². The number of likely N-dealkylation sites (N-methyl/N-ethyl adjacent to an activating group) is 1. The highest BCUT2D eigenvalue weighted by Gasteiger charge is 2.08. The topological polar surface area (TPSA) is 28.3 Å². The zero-order valence-electron chi connectivity index (χ0n) is 11.5. The van der Waals surface area contributed by atoms with Crippen molar-refractivity contribution < 1.29 is 9.13 Å². The van der Waals surface area contributed by atoms with Gasteiger partial charge in [-0.25, -0.2) is 0 Å². The average molecular weight is 252 g/mol. The lowest BCUT2D eigenvalue weighted by molar-refractivity contribution is 0.411. The summed E-state index contributed by atoms with van der Waals surface area (Å²) in [6.45, 7) is 1.05. The lowest BCUT2D eigenvalue weighted by Crippen LogP contribution is -2.14. The Hall–Kier alpha value is -1.55. The molecule has 4 heteroatoms. The fourth-order valence-corrected chi connectivity index (χ4v) is 1.93. The molecule has 0 aliphatic rings. The van der Waals surface area contributed by atoms with E-state index in [2.05, 4.69) is 36.2 Å². The number of benzene rings is 1. The Bertz CT molecular complexity index is 480. The van der Waals surface area contributed by atoms with Crippen LogP contribution in [0.4, 0.5) is 4.39 Å². The van der Waals surface area contributed by atoms with Gasteiger partial charge >= 0.3 is 0 Å². The predicted octanol–water partition coefficient (Wildman–Crippen LogP) is 2.87. The van der Waals surface area contributed by atoms with Crippen LogP contribution in [0.1, 0.15) is 5.56 Å². The van der Waals surface area contributed by atoms with Crippen LogP contribution in [0.25, 0.3) is 10.9 Å². The van der Waals surface area contributed by atoms with Crippen LogP contribution < -0.4 is 4.74 Å². The van der Waals surface area contributed by atoms with Gasteiger partial charge in [-0.1, -0.05) is 6.07 Å². The SMILES string of the molecule is CF.COc1cccc2[nH]cc(CCN(C)C)c12. The molecule has 1 aromatic carbocycles. The minimum Gasteiger partial charge on any atom is -0.496 e. The highest BCUT2D eigenvalue weighted by atomic mass is 19.1. The summed E-state index contributed by atoms with van der Waals surface area (Å²) in [5.74, 6) is 0.951. The van der Waals surface area contributed by atoms with Gasteiger partial charge in [-0.15, -0.1) is 0 Å². The van der Waals surface area contributed by atoms with E-state index in [-0.39, 0.29) is 0 Å². The number of H-pyrrole nitrogens is 1. The molecule has 0 radical (unpaired) electrons. The van der Waals surface area contributed by atoms with Gasteiger partial charge < -0.3 is 14.6 Å². The molecule has 0 aliphatic carbocycles. The Labute approximate surface area is 108 Å². The smallest absolute Gasteiger partial charge is 0.128 e. The molecule has 2 rings (SSSR count). The largest absolute Gasteiger partial charge is 0.496 e. The minimum absolute atomic E-state index is 0.500. The van der Waals surface area contributed by atoms with Gasteiger partial charge in [0.15, 0.2) is 0 Å². The molecule has 0 fully saturated rings. The molecule has 100 valence electrons. The third kappa shape index (κ3) is 3.23. The van der Waals surface area contributed by atoms with Gasteiger partial charge in [-0.3, -0.25) is 4.39 Å². The number of aromatic amines is 1. The zero-order valence-corrected chi connectivity index (χ0v) is 11.5. The van der Waals surface area contributed by atoms with Crippen LogP contribution >= 0.6 is 0 Å². The van der Waals surface area contributed by atoms with Crippen LogP contribution in [0.5, 0.6) is 5.75 Å². The number of methoxy groups -OCH3 is 1. The maximum Gasteiger partial charge on any atom is 0.128 e. The van der Waals surface area contributed by atoms with Gasteiger partial charge in [-0.2, -0.15) is 0 Å². The van der Waals surface area contributed by atoms with Crippen molar-refractivity contribution in [2.24, 2.45) is 0 Å². The number of rotatable bonds is 4. The maximum absolute atomic E-state index is 9.50. The minimum atomic E-state index is 0.500. The van der Waals surface area contributed by atoms with Gasteiger partial charge in [0, 0.05) is 23.6 Å². The van der Waals surface area contributed by atoms with Crippen molar-refractivity contribution in [1.82, 2.24) is 9.88 Å². The first kappa shape index (κ1) is 14.5. The van der Waals surface area contributed by atoms with Crippen molar-refractivity contribution >= 4 is 10.9 Å². The normalized spacial score (nSPS) is 10.3. The molecule has 0 atom stereocenters. The molecule has 0 bridgehead atoms. The van der Waals surface area contributed by atoms with Crippen molar-refractivity contribution in [2.45, 2.75) is 6.42 Å². The van der Waals surface area contributed by atoms with E-state index >= 15 is 0 Å². The van der Waals surface area contributed by atoms with Crippen molar-refractivity contribution in [3.63, 3.8) is 0 Å². The van der Waals surface area contributed by atoms with E-state index in [1.165, 1.54) is 10.9 Å². The Morgan fingerprint density at radius 1 is 1.28 bits per heavy atom. The Kier molecular flexibility index (Phi) is 5.65. The lowest BCUT2D eigenvalue weighted by atomic mass is 10.1. The van der Waals surface area contributed by atoms with E-state index in [1.807, 2.05) is 12.1 Å². The summed E-state index contributed by atoms with van der Waals surface area (Å²) >= 11 is 0. The van der Waals surface area contributed by atoms with Crippen LogP contribution in [0, 0.1) is 0 Å². The molecular formula is C14H21FN2O. The molecule has 1 N–H and O–H groups in total. The molecule has 0 saturated carbocycles. The number of ether oxygens (including phenoxy) is 1. The molecular weight excluding hydrogens is 231 g/mol. The lowest BCUT2D eigenvalue weighted by Gasteiger charge is -2.09. The summed E-state index contributed by atoms with van der Waals surface area (Å²) in [4.78, 5) is 5.48. The monoisotopic (exact) mass is 252 g/mol. The first-order valence-electron chi connectivity index (χ1n) is 5.88. The van der Waals surface area contributed by atoms with Gasteiger partial charge in [-0.05, 0) is 38.2 Å². The predicted molar refractivity (Wildman–Crippen MR) is 74.1 cm³/mol. The standard InChI is InChI=1S/C13H18N2O.CH3F/c1-15(2)8-7-10-9-14-11-5-4-6-12(16-3)13(10)11;1-2/h4-6,9,14H,7-8H2,1-3H3;1H3. The third-order valence-corrected chi connectivity index (χ3v) is 2.80. The van der Waals surface area contributed by atoms with Crippen LogP contribution in [0.2, 0.25) is 0 Å². The highest BCUT2D eigenvalue weighted by Crippen LogP contribution is 2.28. The number of halogens is 1. The molecule has 0 saturated heterocycles. The summed E-state index contributed by atoms with van der Waals surface area (Å²) < 4.78 is 14.9. The summed E-state index contributed by atoms with van der Waals surface area (Å²) in [5, 5.41) is 1.21. The fourth-order valence-electron chi connectivity index (χ4n) is 1.93. The molecule has 0 unspecified atom stereocenters. The van der Waals surface area contributed by atoms with Crippen LogP contribution in [-0.4, -0.2) is 44.8 Å². The van der Waals surface area contributed by atoms with Gasteiger partial charge in [0.2, 0.25) is 0 Å². The molecule has 18 heavy (non-hydrogen) atoms. The number of nitrogens with one attached hydrogen (secondary N) is 1. The van der Waals surface area contributed by atoms with Gasteiger partial charge in [0.1, 0.15) is 5.75 Å². The van der Waals surface area contributed by atoms with Crippen molar-refractivity contribution in [1.29, 1.82) is 0 Å². The second-order valence-corrected chi connectivity index (χ2v) is 4.25. The van der Waals surface area contributed by atoms with Gasteiger partial charge in [0.25, 0.3) is 0 Å². The van der Waals surface area contributed by atoms with E-state index in [0.717, 1.165) is 24.2 Å².